The quantitative estimate of drug-likeness (QED) is 0.481. The molecule has 0 atom stereocenters. The number of aromatic nitrogens is 3. The van der Waals surface area contributed by atoms with Crippen molar-refractivity contribution in [3.05, 3.63) is 77.5 Å². The molecule has 0 fully saturated rings. The number of nitrogens with zero attached hydrogens (tertiary/aromatic N) is 3. The van der Waals surface area contributed by atoms with Crippen molar-refractivity contribution < 1.29 is 17.9 Å². The first-order valence-corrected chi connectivity index (χ1v) is 9.25. The maximum atomic E-state index is 13.0. The van der Waals surface area contributed by atoms with Crippen LogP contribution in [0.4, 0.5) is 19.0 Å². The Morgan fingerprint density at radius 2 is 1.80 bits per heavy atom. The van der Waals surface area contributed by atoms with Crippen LogP contribution in [-0.4, -0.2) is 21.7 Å². The van der Waals surface area contributed by atoms with E-state index in [0.29, 0.717) is 17.0 Å². The number of nitrogens with one attached hydrogen (secondary N) is 1. The lowest BCUT2D eigenvalue weighted by atomic mass is 10.1. The second-order valence-electron chi connectivity index (χ2n) is 6.86. The Bertz CT molecular complexity index is 1180. The minimum absolute atomic E-state index is 0.222. The first-order chi connectivity index (χ1) is 14.3. The molecule has 0 aliphatic carbocycles. The van der Waals surface area contributed by atoms with Crippen LogP contribution in [0.1, 0.15) is 16.8 Å². The van der Waals surface area contributed by atoms with E-state index < -0.39 is 11.7 Å². The van der Waals surface area contributed by atoms with Crippen molar-refractivity contribution in [2.45, 2.75) is 19.6 Å². The second-order valence-corrected chi connectivity index (χ2v) is 6.86. The second kappa shape index (κ2) is 7.70. The van der Waals surface area contributed by atoms with Crippen LogP contribution >= 0.6 is 0 Å². The van der Waals surface area contributed by atoms with Gasteiger partial charge in [-0.2, -0.15) is 22.8 Å². The number of ether oxygens (including phenoxy) is 1. The molecular weight excluding hydrogens is 393 g/mol. The van der Waals surface area contributed by atoms with Gasteiger partial charge >= 0.3 is 6.18 Å². The zero-order valence-corrected chi connectivity index (χ0v) is 16.4. The highest BCUT2D eigenvalue weighted by Crippen LogP contribution is 2.30. The van der Waals surface area contributed by atoms with E-state index in [9.17, 15) is 13.2 Å². The Morgan fingerprint density at radius 1 is 1.03 bits per heavy atom. The molecule has 0 amide bonds. The number of fused-ring (bicyclic) bond motifs is 1. The number of rotatable bonds is 5. The van der Waals surface area contributed by atoms with Gasteiger partial charge in [0.15, 0.2) is 5.65 Å². The first-order valence-electron chi connectivity index (χ1n) is 9.25. The van der Waals surface area contributed by atoms with Crippen LogP contribution in [0, 0.1) is 6.92 Å². The fourth-order valence-corrected chi connectivity index (χ4v) is 3.18. The topological polar surface area (TPSA) is 51.5 Å². The van der Waals surface area contributed by atoms with Crippen LogP contribution < -0.4 is 10.1 Å². The molecule has 0 saturated carbocycles. The smallest absolute Gasteiger partial charge is 0.416 e. The van der Waals surface area contributed by atoms with Crippen LogP contribution in [0.2, 0.25) is 0 Å². The molecular formula is C22H19F3N4O. The average molecular weight is 412 g/mol. The van der Waals surface area contributed by atoms with Crippen LogP contribution in [0.5, 0.6) is 5.75 Å². The number of anilines is 1. The highest BCUT2D eigenvalue weighted by Gasteiger charge is 2.30. The molecule has 2 heterocycles. The van der Waals surface area contributed by atoms with Gasteiger partial charge in [0.25, 0.3) is 0 Å². The summed E-state index contributed by atoms with van der Waals surface area (Å²) in [4.78, 5) is 4.50. The monoisotopic (exact) mass is 412 g/mol. The van der Waals surface area contributed by atoms with Gasteiger partial charge in [0, 0.05) is 29.9 Å². The van der Waals surface area contributed by atoms with Crippen molar-refractivity contribution in [3.8, 4) is 17.0 Å². The Morgan fingerprint density at radius 3 is 2.50 bits per heavy atom. The van der Waals surface area contributed by atoms with E-state index in [0.717, 1.165) is 34.8 Å². The molecule has 0 radical (unpaired) electrons. The minimum atomic E-state index is -4.37. The molecule has 0 bridgehead atoms. The summed E-state index contributed by atoms with van der Waals surface area (Å²) in [7, 11) is 1.61. The fourth-order valence-electron chi connectivity index (χ4n) is 3.18. The van der Waals surface area contributed by atoms with Gasteiger partial charge in [0.1, 0.15) is 11.6 Å². The minimum Gasteiger partial charge on any atom is -0.497 e. The number of alkyl halides is 3. The summed E-state index contributed by atoms with van der Waals surface area (Å²) in [5, 5.41) is 7.80. The number of halogens is 3. The van der Waals surface area contributed by atoms with E-state index in [1.807, 2.05) is 43.3 Å². The summed E-state index contributed by atoms with van der Waals surface area (Å²) in [6.45, 7) is 2.08. The Hall–Kier alpha value is -3.55. The van der Waals surface area contributed by atoms with Crippen molar-refractivity contribution in [2.24, 2.45) is 0 Å². The van der Waals surface area contributed by atoms with Crippen LogP contribution in [0.15, 0.2) is 60.7 Å². The molecule has 2 aromatic heterocycles. The fraction of sp³-hybridized carbons (Fsp3) is 0.182. The first kappa shape index (κ1) is 19.8. The SMILES string of the molecule is COc1ccc(-c2cc3nc(C)cc(NCc4cccc(C(F)(F)F)c4)n3n2)cc1. The standard InChI is InChI=1S/C22H19F3N4O/c1-14-10-20(26-13-15-4-3-5-17(11-15)22(23,24)25)29-21(27-14)12-19(28-29)16-6-8-18(30-2)9-7-16/h3-12,26H,13H2,1-2H3. The normalized spacial score (nSPS) is 11.6. The lowest BCUT2D eigenvalue weighted by Crippen LogP contribution is -2.09. The molecule has 0 spiro atoms. The number of benzene rings is 2. The van der Waals surface area contributed by atoms with Crippen molar-refractivity contribution in [2.75, 3.05) is 12.4 Å². The molecule has 1 N–H and O–H groups in total. The average Bonchev–Trinajstić information content (AvgIpc) is 3.15. The van der Waals surface area contributed by atoms with E-state index in [2.05, 4.69) is 15.4 Å². The van der Waals surface area contributed by atoms with E-state index in [-0.39, 0.29) is 6.54 Å². The predicted octanol–water partition coefficient (Wildman–Crippen LogP) is 5.34. The maximum absolute atomic E-state index is 13.0. The summed E-state index contributed by atoms with van der Waals surface area (Å²) < 4.78 is 45.7. The van der Waals surface area contributed by atoms with Crippen LogP contribution in [0.25, 0.3) is 16.9 Å². The van der Waals surface area contributed by atoms with Gasteiger partial charge in [0.05, 0.1) is 18.4 Å². The van der Waals surface area contributed by atoms with Gasteiger partial charge in [-0.1, -0.05) is 12.1 Å². The van der Waals surface area contributed by atoms with Crippen molar-refractivity contribution in [1.82, 2.24) is 14.6 Å². The van der Waals surface area contributed by atoms with Crippen molar-refractivity contribution >= 4 is 11.5 Å². The number of hydrogen-bond acceptors (Lipinski definition) is 4. The summed E-state index contributed by atoms with van der Waals surface area (Å²) in [6.07, 6.45) is -4.37. The van der Waals surface area contributed by atoms with E-state index in [4.69, 9.17) is 4.74 Å². The molecule has 5 nitrogen and oxygen atoms in total. The Labute approximate surface area is 171 Å². The zero-order chi connectivity index (χ0) is 21.3. The molecule has 8 heteroatoms. The summed E-state index contributed by atoms with van der Waals surface area (Å²) >= 11 is 0. The predicted molar refractivity (Wildman–Crippen MR) is 108 cm³/mol. The molecule has 4 rings (SSSR count). The van der Waals surface area contributed by atoms with Gasteiger partial charge in [-0.25, -0.2) is 4.98 Å². The molecule has 2 aromatic carbocycles. The van der Waals surface area contributed by atoms with Gasteiger partial charge in [-0.05, 0) is 48.9 Å². The molecule has 0 saturated heterocycles. The van der Waals surface area contributed by atoms with E-state index in [1.54, 1.807) is 17.7 Å². The third-order valence-corrected chi connectivity index (χ3v) is 4.67. The van der Waals surface area contributed by atoms with Crippen LogP contribution in [0.3, 0.4) is 0 Å². The molecule has 154 valence electrons. The van der Waals surface area contributed by atoms with Crippen molar-refractivity contribution in [3.63, 3.8) is 0 Å². The highest BCUT2D eigenvalue weighted by molar-refractivity contribution is 5.66. The maximum Gasteiger partial charge on any atom is 0.416 e. The van der Waals surface area contributed by atoms with Gasteiger partial charge in [0.2, 0.25) is 0 Å². The zero-order valence-electron chi connectivity index (χ0n) is 16.4. The largest absolute Gasteiger partial charge is 0.497 e. The summed E-state index contributed by atoms with van der Waals surface area (Å²) in [5.74, 6) is 1.40. The highest BCUT2D eigenvalue weighted by atomic mass is 19.4. The molecule has 4 aromatic rings. The number of hydrogen-bond donors (Lipinski definition) is 1. The van der Waals surface area contributed by atoms with E-state index >= 15 is 0 Å². The Kier molecular flexibility index (Phi) is 5.07. The van der Waals surface area contributed by atoms with Crippen LogP contribution in [-0.2, 0) is 12.7 Å². The molecule has 0 aliphatic heterocycles. The third-order valence-electron chi connectivity index (χ3n) is 4.67. The molecule has 30 heavy (non-hydrogen) atoms. The molecule has 0 aliphatic rings. The van der Waals surface area contributed by atoms with Gasteiger partial charge < -0.3 is 10.1 Å². The third kappa shape index (κ3) is 4.07. The summed E-state index contributed by atoms with van der Waals surface area (Å²) in [5.41, 5.74) is 2.91. The Balaban J connectivity index is 1.63. The van der Waals surface area contributed by atoms with Gasteiger partial charge in [-0.3, -0.25) is 0 Å². The summed E-state index contributed by atoms with van der Waals surface area (Å²) in [6, 6.07) is 16.5. The number of methoxy groups -OCH3 is 1. The van der Waals surface area contributed by atoms with E-state index in [1.165, 1.54) is 6.07 Å². The lowest BCUT2D eigenvalue weighted by Gasteiger charge is -2.11. The van der Waals surface area contributed by atoms with Crippen molar-refractivity contribution in [1.29, 1.82) is 0 Å². The number of aryl methyl sites for hydroxylation is 1. The van der Waals surface area contributed by atoms with Gasteiger partial charge in [-0.15, -0.1) is 0 Å². The lowest BCUT2D eigenvalue weighted by molar-refractivity contribution is -0.137. The molecule has 0 unspecified atom stereocenters.